The maximum absolute atomic E-state index is 15.7. The van der Waals surface area contributed by atoms with Gasteiger partial charge in [-0.15, -0.1) is 0 Å². The Balaban J connectivity index is 1.73. The predicted octanol–water partition coefficient (Wildman–Crippen LogP) is 4.13. The Labute approximate surface area is 217 Å². The topological polar surface area (TPSA) is 83.5 Å². The third-order valence-electron chi connectivity index (χ3n) is 6.98. The quantitative estimate of drug-likeness (QED) is 0.176. The molecular weight excluding hydrogens is 507 g/mol. The normalized spacial score (nSPS) is 19.1. The lowest BCUT2D eigenvalue weighted by Gasteiger charge is -2.42. The van der Waals surface area contributed by atoms with Crippen molar-refractivity contribution in [2.24, 2.45) is 0 Å². The Morgan fingerprint density at radius 1 is 1.16 bits per heavy atom. The van der Waals surface area contributed by atoms with Gasteiger partial charge in [-0.2, -0.15) is 0 Å². The molecule has 6 nitrogen and oxygen atoms in total. The summed E-state index contributed by atoms with van der Waals surface area (Å²) in [4.78, 5) is 4.52. The molecule has 208 valence electrons. The van der Waals surface area contributed by atoms with Crippen LogP contribution in [0.5, 0.6) is 0 Å². The van der Waals surface area contributed by atoms with E-state index in [0.29, 0.717) is 25.1 Å². The van der Waals surface area contributed by atoms with Crippen LogP contribution in [0.15, 0.2) is 36.4 Å². The van der Waals surface area contributed by atoms with Crippen molar-refractivity contribution in [1.29, 1.82) is 0 Å². The number of aromatic nitrogens is 1. The molecule has 4 rings (SSSR count). The van der Waals surface area contributed by atoms with Crippen LogP contribution in [-0.4, -0.2) is 77.6 Å². The van der Waals surface area contributed by atoms with E-state index in [0.717, 1.165) is 28.6 Å². The van der Waals surface area contributed by atoms with Gasteiger partial charge in [-0.25, -0.2) is 17.6 Å². The van der Waals surface area contributed by atoms with E-state index in [2.05, 4.69) is 15.6 Å². The molecule has 0 aliphatic carbocycles. The second-order valence-electron chi connectivity index (χ2n) is 9.83. The van der Waals surface area contributed by atoms with Gasteiger partial charge in [-0.1, -0.05) is 18.2 Å². The van der Waals surface area contributed by atoms with E-state index >= 15 is 8.78 Å². The first kappa shape index (κ1) is 28.3. The minimum Gasteiger partial charge on any atom is -0.394 e. The molecule has 2 heterocycles. The Morgan fingerprint density at radius 3 is 2.53 bits per heavy atom. The van der Waals surface area contributed by atoms with Crippen LogP contribution in [0, 0.1) is 11.6 Å². The summed E-state index contributed by atoms with van der Waals surface area (Å²) in [5.41, 5.74) is 1.66. The van der Waals surface area contributed by atoms with Crippen molar-refractivity contribution in [3.63, 3.8) is 0 Å². The minimum absolute atomic E-state index is 0.0723. The molecule has 0 saturated carbocycles. The standard InChI is InChI=1S/C27H33F5N4O2/c1-16-9-20-19-5-2-3-6-23(19)35-25(20)26(36(16)14-27(31,32)15-38)24-21(29)10-17(11-22(24)30)34-18(13-37)12-33-8-4-7-28/h2-3,5-6,10-11,16,18,26,33-35,37-38H,4,7-9,12-15H2,1H3/t16-,18?,26?/m1/s1. The van der Waals surface area contributed by atoms with Gasteiger partial charge < -0.3 is 25.8 Å². The van der Waals surface area contributed by atoms with E-state index in [1.807, 2.05) is 24.3 Å². The van der Waals surface area contributed by atoms with Gasteiger partial charge in [-0.05, 0) is 50.1 Å². The first-order valence-electron chi connectivity index (χ1n) is 12.7. The molecule has 1 aromatic heterocycles. The van der Waals surface area contributed by atoms with Gasteiger partial charge in [-0.3, -0.25) is 9.29 Å². The number of aliphatic hydroxyl groups is 2. The summed E-state index contributed by atoms with van der Waals surface area (Å²) in [6, 6.07) is 7.22. The smallest absolute Gasteiger partial charge is 0.283 e. The molecule has 1 aliphatic heterocycles. The number of hydrogen-bond donors (Lipinski definition) is 5. The van der Waals surface area contributed by atoms with Gasteiger partial charge in [0.1, 0.15) is 18.2 Å². The Hall–Kier alpha value is -2.73. The highest BCUT2D eigenvalue weighted by Crippen LogP contribution is 2.43. The van der Waals surface area contributed by atoms with Gasteiger partial charge in [0.25, 0.3) is 5.92 Å². The van der Waals surface area contributed by atoms with Crippen LogP contribution in [0.3, 0.4) is 0 Å². The van der Waals surface area contributed by atoms with Crippen LogP contribution in [0.25, 0.3) is 10.9 Å². The van der Waals surface area contributed by atoms with Crippen molar-refractivity contribution in [2.75, 3.05) is 44.8 Å². The molecule has 2 unspecified atom stereocenters. The number of H-pyrrole nitrogens is 1. The first-order valence-corrected chi connectivity index (χ1v) is 12.7. The summed E-state index contributed by atoms with van der Waals surface area (Å²) in [6.07, 6.45) is 0.686. The highest BCUT2D eigenvalue weighted by atomic mass is 19.3. The summed E-state index contributed by atoms with van der Waals surface area (Å²) in [5, 5.41) is 25.6. The predicted molar refractivity (Wildman–Crippen MR) is 136 cm³/mol. The second-order valence-corrected chi connectivity index (χ2v) is 9.83. The van der Waals surface area contributed by atoms with Crippen LogP contribution in [0.2, 0.25) is 0 Å². The van der Waals surface area contributed by atoms with Gasteiger partial charge in [0.15, 0.2) is 0 Å². The number of benzene rings is 2. The summed E-state index contributed by atoms with van der Waals surface area (Å²) < 4.78 is 72.5. The van der Waals surface area contributed by atoms with Crippen molar-refractivity contribution >= 4 is 16.6 Å². The molecule has 3 atom stereocenters. The van der Waals surface area contributed by atoms with Crippen molar-refractivity contribution < 1.29 is 32.2 Å². The van der Waals surface area contributed by atoms with E-state index in [4.69, 9.17) is 0 Å². The number of halogens is 5. The van der Waals surface area contributed by atoms with Crippen molar-refractivity contribution in [2.45, 2.75) is 43.8 Å². The number of rotatable bonds is 12. The molecule has 5 N–H and O–H groups in total. The van der Waals surface area contributed by atoms with E-state index < -0.39 is 55.5 Å². The van der Waals surface area contributed by atoms with Gasteiger partial charge >= 0.3 is 0 Å². The molecule has 1 aliphatic rings. The van der Waals surface area contributed by atoms with E-state index in [1.54, 1.807) is 6.92 Å². The number of anilines is 1. The molecular formula is C27H33F5N4O2. The van der Waals surface area contributed by atoms with Crippen LogP contribution < -0.4 is 10.6 Å². The van der Waals surface area contributed by atoms with Gasteiger partial charge in [0.2, 0.25) is 0 Å². The lowest BCUT2D eigenvalue weighted by atomic mass is 9.87. The fourth-order valence-electron chi connectivity index (χ4n) is 5.18. The largest absolute Gasteiger partial charge is 0.394 e. The summed E-state index contributed by atoms with van der Waals surface area (Å²) in [7, 11) is 0. The highest BCUT2D eigenvalue weighted by Gasteiger charge is 2.43. The number of alkyl halides is 3. The van der Waals surface area contributed by atoms with Gasteiger partial charge in [0, 0.05) is 40.4 Å². The van der Waals surface area contributed by atoms with E-state index in [9.17, 15) is 23.4 Å². The lowest BCUT2D eigenvalue weighted by Crippen LogP contribution is -2.49. The molecule has 0 amide bonds. The SMILES string of the molecule is C[C@@H]1Cc2c([nH]c3ccccc23)C(c2c(F)cc(NC(CO)CNCCCF)cc2F)N1CC(F)(F)CO. The maximum atomic E-state index is 15.7. The average Bonchev–Trinajstić information content (AvgIpc) is 3.25. The molecule has 11 heteroatoms. The zero-order valence-corrected chi connectivity index (χ0v) is 21.1. The number of aliphatic hydroxyl groups excluding tert-OH is 2. The molecule has 0 saturated heterocycles. The third kappa shape index (κ3) is 5.96. The Morgan fingerprint density at radius 2 is 1.87 bits per heavy atom. The Kier molecular flexibility index (Phi) is 8.92. The number of nitrogens with zero attached hydrogens (tertiary/aromatic N) is 1. The van der Waals surface area contributed by atoms with Crippen LogP contribution in [0.4, 0.5) is 27.6 Å². The van der Waals surface area contributed by atoms with Crippen LogP contribution >= 0.6 is 0 Å². The molecule has 0 bridgehead atoms. The summed E-state index contributed by atoms with van der Waals surface area (Å²) in [6.45, 7) is -0.754. The van der Waals surface area contributed by atoms with Crippen molar-refractivity contribution in [3.8, 4) is 0 Å². The maximum Gasteiger partial charge on any atom is 0.283 e. The van der Waals surface area contributed by atoms with E-state index in [-0.39, 0.29) is 24.4 Å². The van der Waals surface area contributed by atoms with Gasteiger partial charge in [0.05, 0.1) is 31.9 Å². The summed E-state index contributed by atoms with van der Waals surface area (Å²) >= 11 is 0. The zero-order chi connectivity index (χ0) is 27.4. The second kappa shape index (κ2) is 12.0. The van der Waals surface area contributed by atoms with Crippen molar-refractivity contribution in [1.82, 2.24) is 15.2 Å². The molecule has 3 aromatic rings. The number of nitrogens with one attached hydrogen (secondary N) is 3. The fraction of sp³-hybridized carbons (Fsp3) is 0.481. The highest BCUT2D eigenvalue weighted by molar-refractivity contribution is 5.85. The number of aromatic amines is 1. The number of fused-ring (bicyclic) bond motifs is 3. The fourth-order valence-corrected chi connectivity index (χ4v) is 5.18. The van der Waals surface area contributed by atoms with E-state index in [1.165, 1.54) is 4.90 Å². The number of para-hydroxylation sites is 1. The molecule has 0 fully saturated rings. The molecule has 0 spiro atoms. The monoisotopic (exact) mass is 540 g/mol. The molecule has 2 aromatic carbocycles. The summed E-state index contributed by atoms with van der Waals surface area (Å²) in [5.74, 6) is -5.35. The number of hydrogen-bond acceptors (Lipinski definition) is 5. The van der Waals surface area contributed by atoms with Crippen LogP contribution in [-0.2, 0) is 6.42 Å². The minimum atomic E-state index is -3.48. The first-order chi connectivity index (χ1) is 18.2. The molecule has 0 radical (unpaired) electrons. The molecule has 38 heavy (non-hydrogen) atoms. The van der Waals surface area contributed by atoms with Crippen LogP contribution in [0.1, 0.15) is 36.2 Å². The zero-order valence-electron chi connectivity index (χ0n) is 21.1. The van der Waals surface area contributed by atoms with Crippen molar-refractivity contribution in [3.05, 3.63) is 64.9 Å². The third-order valence-corrected chi connectivity index (χ3v) is 6.98. The lowest BCUT2D eigenvalue weighted by molar-refractivity contribution is -0.0869. The average molecular weight is 541 g/mol. The Bertz CT molecular complexity index is 1210.